The topological polar surface area (TPSA) is 52.6 Å². The van der Waals surface area contributed by atoms with Crippen LogP contribution in [0.3, 0.4) is 0 Å². The number of hydrogen-bond acceptors (Lipinski definition) is 4. The lowest BCUT2D eigenvalue weighted by molar-refractivity contribution is -0.144. The molecule has 1 fully saturated rings. The minimum Gasteiger partial charge on any atom is -0.466 e. The van der Waals surface area contributed by atoms with Crippen LogP contribution in [-0.4, -0.2) is 31.6 Å². The van der Waals surface area contributed by atoms with Gasteiger partial charge in [-0.15, -0.1) is 0 Å². The van der Waals surface area contributed by atoms with Gasteiger partial charge >= 0.3 is 5.97 Å². The third-order valence-corrected chi connectivity index (χ3v) is 2.37. The summed E-state index contributed by atoms with van der Waals surface area (Å²) in [6.45, 7) is 5.25. The van der Waals surface area contributed by atoms with E-state index in [1.54, 1.807) is 6.92 Å². The summed E-state index contributed by atoms with van der Waals surface area (Å²) in [5.74, 6) is 0.280. The summed E-state index contributed by atoms with van der Waals surface area (Å²) < 4.78 is 9.62. The van der Waals surface area contributed by atoms with E-state index in [-0.39, 0.29) is 5.97 Å². The Morgan fingerprint density at radius 2 is 1.76 bits per heavy atom. The monoisotopic (exact) mass is 244 g/mol. The van der Waals surface area contributed by atoms with Gasteiger partial charge in [0.15, 0.2) is 0 Å². The van der Waals surface area contributed by atoms with E-state index in [4.69, 9.17) is 4.74 Å². The first kappa shape index (κ1) is 16.1. The van der Waals surface area contributed by atoms with Crippen molar-refractivity contribution in [2.24, 2.45) is 0 Å². The van der Waals surface area contributed by atoms with Gasteiger partial charge in [-0.3, -0.25) is 9.59 Å². The maximum atomic E-state index is 10.6. The van der Waals surface area contributed by atoms with Gasteiger partial charge in [0, 0.05) is 19.4 Å². The molecule has 0 aromatic carbocycles. The molecule has 0 saturated heterocycles. The summed E-state index contributed by atoms with van der Waals surface area (Å²) >= 11 is 0. The molecule has 1 saturated carbocycles. The fraction of sp³-hybridized carbons (Fsp3) is 0.846. The van der Waals surface area contributed by atoms with E-state index in [0.29, 0.717) is 32.0 Å². The van der Waals surface area contributed by atoms with E-state index < -0.39 is 0 Å². The Hall–Kier alpha value is -0.900. The number of carbonyl (C=O) groups is 2. The maximum Gasteiger partial charge on any atom is 0.308 e. The van der Waals surface area contributed by atoms with Crippen molar-refractivity contribution in [3.63, 3.8) is 0 Å². The van der Waals surface area contributed by atoms with Crippen LogP contribution in [0.1, 0.15) is 52.4 Å². The van der Waals surface area contributed by atoms with E-state index in [1.165, 1.54) is 6.42 Å². The van der Waals surface area contributed by atoms with Crippen molar-refractivity contribution in [3.05, 3.63) is 0 Å². The minimum atomic E-state index is -0.184. The van der Waals surface area contributed by atoms with Crippen LogP contribution in [0.5, 0.6) is 0 Å². The smallest absolute Gasteiger partial charge is 0.308 e. The standard InChI is InChI=1S/C7H14O3.C6H10O/c1-3-9-6-5-7(8)10-4-2;7-6-4-2-1-3-5-6/h3-6H2,1-2H3;1-5H2. The molecule has 100 valence electrons. The Bertz CT molecular complexity index is 205. The quantitative estimate of drug-likeness (QED) is 0.551. The first-order valence-electron chi connectivity index (χ1n) is 6.45. The van der Waals surface area contributed by atoms with E-state index in [1.807, 2.05) is 6.92 Å². The van der Waals surface area contributed by atoms with Gasteiger partial charge in [0.1, 0.15) is 5.78 Å². The van der Waals surface area contributed by atoms with E-state index in [9.17, 15) is 9.59 Å². The number of Topliss-reactive ketones (excluding diaryl/α,β-unsaturated/α-hetero) is 1. The van der Waals surface area contributed by atoms with Crippen LogP contribution in [0.15, 0.2) is 0 Å². The molecule has 1 aliphatic carbocycles. The molecule has 0 N–H and O–H groups in total. The fourth-order valence-corrected chi connectivity index (χ4v) is 1.48. The molecule has 0 aromatic heterocycles. The highest BCUT2D eigenvalue weighted by molar-refractivity contribution is 5.78. The van der Waals surface area contributed by atoms with Crippen LogP contribution >= 0.6 is 0 Å². The summed E-state index contributed by atoms with van der Waals surface area (Å²) in [5, 5.41) is 0. The van der Waals surface area contributed by atoms with Crippen molar-refractivity contribution in [3.8, 4) is 0 Å². The van der Waals surface area contributed by atoms with Crippen LogP contribution in [0, 0.1) is 0 Å². The first-order valence-corrected chi connectivity index (χ1v) is 6.45. The van der Waals surface area contributed by atoms with Gasteiger partial charge in [0.2, 0.25) is 0 Å². The molecule has 0 amide bonds. The molecule has 1 rings (SSSR count). The minimum absolute atomic E-state index is 0.184. The Kier molecular flexibility index (Phi) is 11.0. The summed E-state index contributed by atoms with van der Waals surface area (Å²) in [7, 11) is 0. The van der Waals surface area contributed by atoms with Gasteiger partial charge in [-0.2, -0.15) is 0 Å². The van der Waals surface area contributed by atoms with Gasteiger partial charge in [-0.1, -0.05) is 6.42 Å². The van der Waals surface area contributed by atoms with Gasteiger partial charge in [0.05, 0.1) is 19.6 Å². The zero-order valence-corrected chi connectivity index (χ0v) is 11.0. The molecule has 1 aliphatic rings. The number of esters is 1. The molecule has 0 radical (unpaired) electrons. The molecule has 0 unspecified atom stereocenters. The van der Waals surface area contributed by atoms with E-state index in [2.05, 4.69) is 4.74 Å². The molecule has 4 heteroatoms. The van der Waals surface area contributed by atoms with Crippen molar-refractivity contribution in [2.45, 2.75) is 52.4 Å². The summed E-state index contributed by atoms with van der Waals surface area (Å²) in [6.07, 6.45) is 5.60. The molecular formula is C13H24O4. The summed E-state index contributed by atoms with van der Waals surface area (Å²) in [6, 6.07) is 0. The number of carbonyl (C=O) groups excluding carboxylic acids is 2. The van der Waals surface area contributed by atoms with Crippen molar-refractivity contribution < 1.29 is 19.1 Å². The highest BCUT2D eigenvalue weighted by Crippen LogP contribution is 2.12. The van der Waals surface area contributed by atoms with Gasteiger partial charge < -0.3 is 9.47 Å². The van der Waals surface area contributed by atoms with Gasteiger partial charge in [-0.25, -0.2) is 0 Å². The molecule has 0 atom stereocenters. The highest BCUT2D eigenvalue weighted by atomic mass is 16.5. The molecule has 17 heavy (non-hydrogen) atoms. The van der Waals surface area contributed by atoms with Gasteiger partial charge in [0.25, 0.3) is 0 Å². The zero-order valence-electron chi connectivity index (χ0n) is 11.0. The largest absolute Gasteiger partial charge is 0.466 e. The molecule has 0 aliphatic heterocycles. The van der Waals surface area contributed by atoms with Crippen LogP contribution in [0.4, 0.5) is 0 Å². The second-order valence-electron chi connectivity index (χ2n) is 3.85. The van der Waals surface area contributed by atoms with Crippen LogP contribution in [0.2, 0.25) is 0 Å². The Balaban J connectivity index is 0.000000318. The molecule has 0 aromatic rings. The van der Waals surface area contributed by atoms with Crippen LogP contribution in [0.25, 0.3) is 0 Å². The van der Waals surface area contributed by atoms with Crippen molar-refractivity contribution in [2.75, 3.05) is 19.8 Å². The normalized spacial score (nSPS) is 14.8. The Morgan fingerprint density at radius 3 is 2.18 bits per heavy atom. The number of ether oxygens (including phenoxy) is 2. The number of hydrogen-bond donors (Lipinski definition) is 0. The Labute approximate surface area is 104 Å². The predicted octanol–water partition coefficient (Wildman–Crippen LogP) is 2.50. The number of rotatable bonds is 5. The van der Waals surface area contributed by atoms with E-state index in [0.717, 1.165) is 25.7 Å². The van der Waals surface area contributed by atoms with Crippen molar-refractivity contribution >= 4 is 11.8 Å². The highest BCUT2D eigenvalue weighted by Gasteiger charge is 2.06. The molecule has 4 nitrogen and oxygen atoms in total. The maximum absolute atomic E-state index is 10.6. The van der Waals surface area contributed by atoms with Crippen molar-refractivity contribution in [1.29, 1.82) is 0 Å². The predicted molar refractivity (Wildman–Crippen MR) is 65.8 cm³/mol. The second-order valence-corrected chi connectivity index (χ2v) is 3.85. The van der Waals surface area contributed by atoms with Crippen LogP contribution < -0.4 is 0 Å². The third kappa shape index (κ3) is 11.4. The van der Waals surface area contributed by atoms with Gasteiger partial charge in [-0.05, 0) is 26.7 Å². The van der Waals surface area contributed by atoms with Crippen LogP contribution in [-0.2, 0) is 19.1 Å². The lowest BCUT2D eigenvalue weighted by atomic mass is 10.00. The average molecular weight is 244 g/mol. The molecule has 0 spiro atoms. The second kappa shape index (κ2) is 11.6. The average Bonchev–Trinajstić information content (AvgIpc) is 2.31. The SMILES string of the molecule is CCOCCC(=O)OCC.O=C1CCCCC1. The zero-order chi connectivity index (χ0) is 12.9. The fourth-order valence-electron chi connectivity index (χ4n) is 1.48. The van der Waals surface area contributed by atoms with E-state index >= 15 is 0 Å². The Morgan fingerprint density at radius 1 is 1.12 bits per heavy atom. The lowest BCUT2D eigenvalue weighted by Gasteiger charge is -2.05. The third-order valence-electron chi connectivity index (χ3n) is 2.37. The lowest BCUT2D eigenvalue weighted by Crippen LogP contribution is -2.07. The molecular weight excluding hydrogens is 220 g/mol. The molecule has 0 heterocycles. The number of ketones is 1. The summed E-state index contributed by atoms with van der Waals surface area (Å²) in [5.41, 5.74) is 0. The van der Waals surface area contributed by atoms with Crippen molar-refractivity contribution in [1.82, 2.24) is 0 Å². The molecule has 0 bridgehead atoms. The summed E-state index contributed by atoms with van der Waals surface area (Å²) in [4.78, 5) is 21.1. The first-order chi connectivity index (χ1) is 8.20.